The molecule has 1 amide bonds. The zero-order chi connectivity index (χ0) is 25.7. The van der Waals surface area contributed by atoms with Crippen molar-refractivity contribution in [3.8, 4) is 0 Å². The van der Waals surface area contributed by atoms with Crippen molar-refractivity contribution in [1.29, 1.82) is 0 Å². The molecular weight excluding hydrogens is 520 g/mol. The van der Waals surface area contributed by atoms with Crippen molar-refractivity contribution in [2.24, 2.45) is 5.73 Å². The van der Waals surface area contributed by atoms with Crippen LogP contribution in [-0.2, 0) is 6.42 Å². The SMILES string of the molecule is CCC(c1nc2ccccn2c(=O)c1Cc1ccccc1)N(CC(O)CN)C(=O)c1ccc(Br)cc1. The van der Waals surface area contributed by atoms with E-state index in [1.54, 1.807) is 47.5 Å². The van der Waals surface area contributed by atoms with Crippen LogP contribution in [0.25, 0.3) is 5.65 Å². The normalized spacial score (nSPS) is 12.9. The van der Waals surface area contributed by atoms with Gasteiger partial charge < -0.3 is 15.7 Å². The van der Waals surface area contributed by atoms with Crippen LogP contribution < -0.4 is 11.3 Å². The minimum Gasteiger partial charge on any atom is -0.390 e. The predicted molar refractivity (Wildman–Crippen MR) is 144 cm³/mol. The Kier molecular flexibility index (Phi) is 8.30. The maximum Gasteiger partial charge on any atom is 0.261 e. The standard InChI is InChI=1S/C28H29BrN4O3/c1-2-24(33(18-22(34)17-30)27(35)20-11-13-21(29)14-12-20)26-23(16-19-8-4-3-5-9-19)28(36)32-15-7-6-10-25(32)31-26/h3-15,22,24,34H,2,16-18,30H2,1H3. The van der Waals surface area contributed by atoms with Gasteiger partial charge in [-0.2, -0.15) is 0 Å². The molecule has 36 heavy (non-hydrogen) atoms. The lowest BCUT2D eigenvalue weighted by molar-refractivity contribution is 0.0510. The van der Waals surface area contributed by atoms with Crippen LogP contribution in [0.4, 0.5) is 0 Å². The molecule has 2 atom stereocenters. The Bertz CT molecular complexity index is 1390. The highest BCUT2D eigenvalue weighted by Crippen LogP contribution is 2.28. The lowest BCUT2D eigenvalue weighted by atomic mass is 9.97. The van der Waals surface area contributed by atoms with E-state index in [0.29, 0.717) is 35.3 Å². The van der Waals surface area contributed by atoms with Gasteiger partial charge >= 0.3 is 0 Å². The summed E-state index contributed by atoms with van der Waals surface area (Å²) in [6, 6.07) is 21.6. The fraction of sp³-hybridized carbons (Fsp3) is 0.250. The van der Waals surface area contributed by atoms with Crippen LogP contribution in [-0.4, -0.2) is 44.5 Å². The summed E-state index contributed by atoms with van der Waals surface area (Å²) in [5.74, 6) is -0.262. The second kappa shape index (κ2) is 11.6. The number of aromatic nitrogens is 2. The van der Waals surface area contributed by atoms with Crippen LogP contribution in [0, 0.1) is 0 Å². The lowest BCUT2D eigenvalue weighted by Crippen LogP contribution is -2.43. The molecule has 8 heteroatoms. The van der Waals surface area contributed by atoms with Crippen molar-refractivity contribution in [2.75, 3.05) is 13.1 Å². The fourth-order valence-corrected chi connectivity index (χ4v) is 4.62. The highest BCUT2D eigenvalue weighted by molar-refractivity contribution is 9.10. The van der Waals surface area contributed by atoms with Crippen LogP contribution in [0.15, 0.2) is 88.3 Å². The summed E-state index contributed by atoms with van der Waals surface area (Å²) in [6.45, 7) is 1.97. The van der Waals surface area contributed by atoms with Gasteiger partial charge in [-0.05, 0) is 48.4 Å². The Balaban J connectivity index is 1.88. The van der Waals surface area contributed by atoms with Crippen LogP contribution in [0.3, 0.4) is 0 Å². The van der Waals surface area contributed by atoms with E-state index in [1.807, 2.05) is 43.3 Å². The minimum absolute atomic E-state index is 0.00519. The molecule has 0 saturated heterocycles. The maximum atomic E-state index is 13.7. The van der Waals surface area contributed by atoms with Crippen molar-refractivity contribution in [3.63, 3.8) is 0 Å². The van der Waals surface area contributed by atoms with Crippen LogP contribution in [0.1, 0.15) is 46.6 Å². The molecule has 4 aromatic rings. The second-order valence-electron chi connectivity index (χ2n) is 8.65. The van der Waals surface area contributed by atoms with Gasteiger partial charge in [0, 0.05) is 41.3 Å². The van der Waals surface area contributed by atoms with E-state index in [2.05, 4.69) is 15.9 Å². The Morgan fingerprint density at radius 1 is 1.08 bits per heavy atom. The van der Waals surface area contributed by atoms with Gasteiger partial charge in [0.05, 0.1) is 17.8 Å². The molecule has 2 heterocycles. The van der Waals surface area contributed by atoms with Crippen molar-refractivity contribution in [1.82, 2.24) is 14.3 Å². The summed E-state index contributed by atoms with van der Waals surface area (Å²) in [5.41, 5.74) is 8.56. The van der Waals surface area contributed by atoms with E-state index >= 15 is 0 Å². The van der Waals surface area contributed by atoms with E-state index in [1.165, 1.54) is 4.40 Å². The number of halogens is 1. The molecule has 0 fully saturated rings. The van der Waals surface area contributed by atoms with Gasteiger partial charge in [0.2, 0.25) is 0 Å². The molecule has 2 unspecified atom stereocenters. The number of hydrogen-bond acceptors (Lipinski definition) is 5. The molecular formula is C28H29BrN4O3. The Labute approximate surface area is 218 Å². The number of carbonyl (C=O) groups excluding carboxylic acids is 1. The summed E-state index contributed by atoms with van der Waals surface area (Å²) in [7, 11) is 0. The predicted octanol–water partition coefficient (Wildman–Crippen LogP) is 3.96. The van der Waals surface area contributed by atoms with E-state index < -0.39 is 12.1 Å². The molecule has 0 aliphatic carbocycles. The molecule has 0 aliphatic heterocycles. The quantitative estimate of drug-likeness (QED) is 0.329. The first-order valence-corrected chi connectivity index (χ1v) is 12.7. The molecule has 3 N–H and O–H groups in total. The van der Waals surface area contributed by atoms with E-state index in [4.69, 9.17) is 10.7 Å². The Morgan fingerprint density at radius 3 is 2.44 bits per heavy atom. The highest BCUT2D eigenvalue weighted by atomic mass is 79.9. The number of hydrogen-bond donors (Lipinski definition) is 2. The number of benzene rings is 2. The first kappa shape index (κ1) is 25.8. The zero-order valence-electron chi connectivity index (χ0n) is 20.0. The Hall–Kier alpha value is -3.33. The second-order valence-corrected chi connectivity index (χ2v) is 9.57. The summed E-state index contributed by atoms with van der Waals surface area (Å²) >= 11 is 3.41. The van der Waals surface area contributed by atoms with Crippen LogP contribution in [0.5, 0.6) is 0 Å². The molecule has 4 rings (SSSR count). The molecule has 2 aromatic carbocycles. The first-order chi connectivity index (χ1) is 17.4. The summed E-state index contributed by atoms with van der Waals surface area (Å²) < 4.78 is 2.39. The van der Waals surface area contributed by atoms with Gasteiger partial charge in [-0.3, -0.25) is 14.0 Å². The molecule has 186 valence electrons. The average Bonchev–Trinajstić information content (AvgIpc) is 2.91. The summed E-state index contributed by atoms with van der Waals surface area (Å²) in [4.78, 5) is 33.9. The van der Waals surface area contributed by atoms with E-state index in [0.717, 1.165) is 10.0 Å². The van der Waals surface area contributed by atoms with Gasteiger partial charge in [-0.1, -0.05) is 59.3 Å². The largest absolute Gasteiger partial charge is 0.390 e. The minimum atomic E-state index is -0.919. The third-order valence-electron chi connectivity index (χ3n) is 6.19. The van der Waals surface area contributed by atoms with Gasteiger partial charge in [-0.25, -0.2) is 4.98 Å². The van der Waals surface area contributed by atoms with E-state index in [9.17, 15) is 14.7 Å². The van der Waals surface area contributed by atoms with Gasteiger partial charge in [0.15, 0.2) is 0 Å². The van der Waals surface area contributed by atoms with Crippen LogP contribution in [0.2, 0.25) is 0 Å². The number of nitrogens with two attached hydrogens (primary N) is 1. The summed E-state index contributed by atoms with van der Waals surface area (Å²) in [5, 5.41) is 10.5. The maximum absolute atomic E-state index is 13.7. The third kappa shape index (κ3) is 5.56. The number of rotatable bonds is 9. The number of aliphatic hydroxyl groups excluding tert-OH is 1. The van der Waals surface area contributed by atoms with Gasteiger partial charge in [0.25, 0.3) is 11.5 Å². The topological polar surface area (TPSA) is 101 Å². The van der Waals surface area contributed by atoms with Gasteiger partial charge in [0.1, 0.15) is 5.65 Å². The van der Waals surface area contributed by atoms with Crippen molar-refractivity contribution >= 4 is 27.5 Å². The molecule has 0 bridgehead atoms. The van der Waals surface area contributed by atoms with Crippen molar-refractivity contribution in [2.45, 2.75) is 31.9 Å². The molecule has 2 aromatic heterocycles. The van der Waals surface area contributed by atoms with Gasteiger partial charge in [-0.15, -0.1) is 0 Å². The number of aliphatic hydroxyl groups is 1. The highest BCUT2D eigenvalue weighted by Gasteiger charge is 2.31. The van der Waals surface area contributed by atoms with E-state index in [-0.39, 0.29) is 24.6 Å². The average molecular weight is 549 g/mol. The summed E-state index contributed by atoms with van der Waals surface area (Å²) in [6.07, 6.45) is 1.65. The molecule has 0 spiro atoms. The monoisotopic (exact) mass is 548 g/mol. The molecule has 0 aliphatic rings. The van der Waals surface area contributed by atoms with Crippen LogP contribution >= 0.6 is 15.9 Å². The first-order valence-electron chi connectivity index (χ1n) is 11.9. The molecule has 0 radical (unpaired) electrons. The molecule has 7 nitrogen and oxygen atoms in total. The number of amides is 1. The number of nitrogens with zero attached hydrogens (tertiary/aromatic N) is 3. The number of fused-ring (bicyclic) bond motifs is 1. The number of pyridine rings is 1. The van der Waals surface area contributed by atoms with Crippen molar-refractivity contribution in [3.05, 3.63) is 116 Å². The Morgan fingerprint density at radius 2 is 1.78 bits per heavy atom. The lowest BCUT2D eigenvalue weighted by Gasteiger charge is -2.33. The molecule has 0 saturated carbocycles. The third-order valence-corrected chi connectivity index (χ3v) is 6.72. The number of carbonyl (C=O) groups is 1. The fourth-order valence-electron chi connectivity index (χ4n) is 4.36. The van der Waals surface area contributed by atoms with Crippen molar-refractivity contribution < 1.29 is 9.90 Å². The zero-order valence-corrected chi connectivity index (χ0v) is 21.6. The smallest absolute Gasteiger partial charge is 0.261 e.